The number of carbonyl (C=O) groups is 1. The maximum atomic E-state index is 10.7. The molecule has 1 N–H and O–H groups in total. The fraction of sp³-hybridized carbons (Fsp3) is 0.625. The maximum Gasteiger partial charge on any atom is 0.330 e. The van der Waals surface area contributed by atoms with Crippen LogP contribution in [-0.4, -0.2) is 25.7 Å². The van der Waals surface area contributed by atoms with E-state index in [2.05, 4.69) is 10.1 Å². The highest BCUT2D eigenvalue weighted by molar-refractivity contribution is 5.81. The quantitative estimate of drug-likeness (QED) is 0.363. The molecule has 0 aromatic rings. The first kappa shape index (κ1) is 10.2. The molecule has 11 heavy (non-hydrogen) atoms. The third-order valence-electron chi connectivity index (χ3n) is 1.05. The second-order valence-corrected chi connectivity index (χ2v) is 1.96. The van der Waals surface area contributed by atoms with Crippen LogP contribution in [0.25, 0.3) is 0 Å². The zero-order valence-corrected chi connectivity index (χ0v) is 7.09. The first-order valence-corrected chi connectivity index (χ1v) is 3.85. The van der Waals surface area contributed by atoms with E-state index >= 15 is 0 Å². The van der Waals surface area contributed by atoms with E-state index in [1.54, 1.807) is 13.0 Å². The Hall–Kier alpha value is -0.830. The molecule has 0 saturated carbocycles. The van der Waals surface area contributed by atoms with Crippen molar-refractivity contribution in [3.8, 4) is 0 Å². The van der Waals surface area contributed by atoms with Crippen molar-refractivity contribution >= 4 is 5.97 Å². The SMILES string of the molecule is CCNC/C=C/C(=O)OCC. The standard InChI is InChI=1S/C8H15NO2/c1-3-9-7-5-6-8(10)11-4-2/h5-6,9H,3-4,7H2,1-2H3/b6-5+. The molecule has 0 bridgehead atoms. The first-order valence-electron chi connectivity index (χ1n) is 3.85. The molecule has 0 aliphatic carbocycles. The third-order valence-corrected chi connectivity index (χ3v) is 1.05. The lowest BCUT2D eigenvalue weighted by atomic mass is 10.5. The normalized spacial score (nSPS) is 10.4. The first-order chi connectivity index (χ1) is 5.31. The summed E-state index contributed by atoms with van der Waals surface area (Å²) in [5, 5.41) is 3.05. The number of likely N-dealkylation sites (N-methyl/N-ethyl adjacent to an activating group) is 1. The van der Waals surface area contributed by atoms with E-state index < -0.39 is 0 Å². The molecule has 0 aromatic carbocycles. The Labute approximate surface area is 67.4 Å². The van der Waals surface area contributed by atoms with Gasteiger partial charge in [0, 0.05) is 12.6 Å². The van der Waals surface area contributed by atoms with Crippen LogP contribution in [0, 0.1) is 0 Å². The minimum atomic E-state index is -0.273. The van der Waals surface area contributed by atoms with Gasteiger partial charge in [0.15, 0.2) is 0 Å². The van der Waals surface area contributed by atoms with Gasteiger partial charge in [-0.05, 0) is 13.5 Å². The third kappa shape index (κ3) is 7.06. The highest BCUT2D eigenvalue weighted by Gasteiger charge is 1.90. The molecule has 0 rings (SSSR count). The van der Waals surface area contributed by atoms with E-state index in [0.29, 0.717) is 6.61 Å². The van der Waals surface area contributed by atoms with Gasteiger partial charge in [-0.3, -0.25) is 0 Å². The van der Waals surface area contributed by atoms with Crippen molar-refractivity contribution in [2.24, 2.45) is 0 Å². The number of nitrogens with one attached hydrogen (secondary N) is 1. The number of hydrogen-bond acceptors (Lipinski definition) is 3. The number of ether oxygens (including phenoxy) is 1. The smallest absolute Gasteiger partial charge is 0.330 e. The summed E-state index contributed by atoms with van der Waals surface area (Å²) in [6, 6.07) is 0. The molecule has 0 saturated heterocycles. The Kier molecular flexibility index (Phi) is 6.73. The molecule has 64 valence electrons. The molecule has 0 aliphatic heterocycles. The van der Waals surface area contributed by atoms with E-state index in [9.17, 15) is 4.79 Å². The Morgan fingerprint density at radius 1 is 1.55 bits per heavy atom. The van der Waals surface area contributed by atoms with Gasteiger partial charge in [0.25, 0.3) is 0 Å². The summed E-state index contributed by atoms with van der Waals surface area (Å²) < 4.78 is 4.67. The van der Waals surface area contributed by atoms with Gasteiger partial charge < -0.3 is 10.1 Å². The summed E-state index contributed by atoms with van der Waals surface area (Å²) in [6.45, 7) is 5.86. The van der Waals surface area contributed by atoms with Gasteiger partial charge in [0.2, 0.25) is 0 Å². The topological polar surface area (TPSA) is 38.3 Å². The Morgan fingerprint density at radius 3 is 2.82 bits per heavy atom. The predicted octanol–water partition coefficient (Wildman–Crippen LogP) is 0.715. The van der Waals surface area contributed by atoms with E-state index in [4.69, 9.17) is 0 Å². The predicted molar refractivity (Wildman–Crippen MR) is 44.3 cm³/mol. The van der Waals surface area contributed by atoms with Crippen LogP contribution in [0.15, 0.2) is 12.2 Å². The summed E-state index contributed by atoms with van der Waals surface area (Å²) in [4.78, 5) is 10.7. The molecule has 0 spiro atoms. The lowest BCUT2D eigenvalue weighted by molar-refractivity contribution is -0.137. The minimum Gasteiger partial charge on any atom is -0.463 e. The van der Waals surface area contributed by atoms with Crippen LogP contribution in [-0.2, 0) is 9.53 Å². The van der Waals surface area contributed by atoms with Crippen molar-refractivity contribution < 1.29 is 9.53 Å². The minimum absolute atomic E-state index is 0.273. The second-order valence-electron chi connectivity index (χ2n) is 1.96. The number of carbonyl (C=O) groups excluding carboxylic acids is 1. The second kappa shape index (κ2) is 7.28. The molecule has 3 heteroatoms. The van der Waals surface area contributed by atoms with Crippen molar-refractivity contribution in [1.82, 2.24) is 5.32 Å². The Morgan fingerprint density at radius 2 is 2.27 bits per heavy atom. The van der Waals surface area contributed by atoms with Crippen molar-refractivity contribution in [1.29, 1.82) is 0 Å². The van der Waals surface area contributed by atoms with Crippen LogP contribution in [0.1, 0.15) is 13.8 Å². The zero-order chi connectivity index (χ0) is 8.53. The molecular weight excluding hydrogens is 142 g/mol. The van der Waals surface area contributed by atoms with Gasteiger partial charge in [-0.15, -0.1) is 0 Å². The van der Waals surface area contributed by atoms with E-state index in [1.165, 1.54) is 6.08 Å². The van der Waals surface area contributed by atoms with E-state index in [0.717, 1.165) is 13.1 Å². The Bertz CT molecular complexity index is 132. The van der Waals surface area contributed by atoms with Crippen molar-refractivity contribution in [2.75, 3.05) is 19.7 Å². The monoisotopic (exact) mass is 157 g/mol. The summed E-state index contributed by atoms with van der Waals surface area (Å²) >= 11 is 0. The van der Waals surface area contributed by atoms with Crippen LogP contribution in [0.3, 0.4) is 0 Å². The average molecular weight is 157 g/mol. The van der Waals surface area contributed by atoms with Crippen LogP contribution >= 0.6 is 0 Å². The van der Waals surface area contributed by atoms with E-state index in [-0.39, 0.29) is 5.97 Å². The van der Waals surface area contributed by atoms with Crippen LogP contribution in [0.4, 0.5) is 0 Å². The molecule has 0 atom stereocenters. The highest BCUT2D eigenvalue weighted by atomic mass is 16.5. The fourth-order valence-corrected chi connectivity index (χ4v) is 0.573. The largest absolute Gasteiger partial charge is 0.463 e. The molecule has 0 fully saturated rings. The van der Waals surface area contributed by atoms with Gasteiger partial charge in [-0.2, -0.15) is 0 Å². The van der Waals surface area contributed by atoms with Gasteiger partial charge in [-0.25, -0.2) is 4.79 Å². The molecule has 0 radical (unpaired) electrons. The summed E-state index contributed by atoms with van der Waals surface area (Å²) in [5.41, 5.74) is 0. The lowest BCUT2D eigenvalue weighted by Gasteiger charge is -1.95. The number of hydrogen-bond donors (Lipinski definition) is 1. The number of esters is 1. The zero-order valence-electron chi connectivity index (χ0n) is 7.09. The Balaban J connectivity index is 3.32. The molecule has 0 aromatic heterocycles. The summed E-state index contributed by atoms with van der Waals surface area (Å²) in [7, 11) is 0. The van der Waals surface area contributed by atoms with Gasteiger partial charge in [-0.1, -0.05) is 13.0 Å². The van der Waals surface area contributed by atoms with Crippen LogP contribution in [0.5, 0.6) is 0 Å². The maximum absolute atomic E-state index is 10.7. The fourth-order valence-electron chi connectivity index (χ4n) is 0.573. The van der Waals surface area contributed by atoms with Crippen molar-refractivity contribution in [3.05, 3.63) is 12.2 Å². The lowest BCUT2D eigenvalue weighted by Crippen LogP contribution is -2.12. The molecule has 0 heterocycles. The number of rotatable bonds is 5. The summed E-state index contributed by atoms with van der Waals surface area (Å²) in [5.74, 6) is -0.273. The molecule has 0 unspecified atom stereocenters. The van der Waals surface area contributed by atoms with Crippen LogP contribution < -0.4 is 5.32 Å². The molecule has 0 aliphatic rings. The van der Waals surface area contributed by atoms with Crippen molar-refractivity contribution in [2.45, 2.75) is 13.8 Å². The summed E-state index contributed by atoms with van der Waals surface area (Å²) in [6.07, 6.45) is 3.19. The van der Waals surface area contributed by atoms with Gasteiger partial charge in [0.1, 0.15) is 0 Å². The van der Waals surface area contributed by atoms with Gasteiger partial charge in [0.05, 0.1) is 6.61 Å². The molecule has 0 amide bonds. The van der Waals surface area contributed by atoms with Gasteiger partial charge >= 0.3 is 5.97 Å². The molecule has 3 nitrogen and oxygen atoms in total. The van der Waals surface area contributed by atoms with E-state index in [1.807, 2.05) is 6.92 Å². The molecular formula is C8H15NO2. The van der Waals surface area contributed by atoms with Crippen molar-refractivity contribution in [3.63, 3.8) is 0 Å². The van der Waals surface area contributed by atoms with Crippen LogP contribution in [0.2, 0.25) is 0 Å². The average Bonchev–Trinajstić information content (AvgIpc) is 1.99. The highest BCUT2D eigenvalue weighted by Crippen LogP contribution is 1.79.